The van der Waals surface area contributed by atoms with Crippen LogP contribution in [-0.4, -0.2) is 37.0 Å². The lowest BCUT2D eigenvalue weighted by atomic mass is 9.85. The summed E-state index contributed by atoms with van der Waals surface area (Å²) in [5.41, 5.74) is 2.34. The van der Waals surface area contributed by atoms with Crippen LogP contribution in [0, 0.1) is 0 Å². The highest BCUT2D eigenvalue weighted by atomic mass is 32.2. The largest absolute Gasteiger partial charge is 0.376 e. The number of hydrogen-bond acceptors (Lipinski definition) is 5. The molecule has 0 radical (unpaired) electrons. The van der Waals surface area contributed by atoms with Gasteiger partial charge in [0.15, 0.2) is 5.16 Å². The van der Waals surface area contributed by atoms with Crippen molar-refractivity contribution in [2.24, 2.45) is 7.05 Å². The van der Waals surface area contributed by atoms with Gasteiger partial charge in [0, 0.05) is 19.6 Å². The van der Waals surface area contributed by atoms with Gasteiger partial charge < -0.3 is 13.9 Å². The quantitative estimate of drug-likeness (QED) is 0.541. The zero-order valence-electron chi connectivity index (χ0n) is 16.8. The molecule has 2 fully saturated rings. The van der Waals surface area contributed by atoms with E-state index >= 15 is 0 Å². The molecule has 1 unspecified atom stereocenters. The number of rotatable bonds is 7. The average Bonchev–Trinajstić information content (AvgIpc) is 3.43. The van der Waals surface area contributed by atoms with Crippen LogP contribution in [0.5, 0.6) is 0 Å². The lowest BCUT2D eigenvalue weighted by molar-refractivity contribution is 0.0954. The molecule has 5 rings (SSSR count). The van der Waals surface area contributed by atoms with Crippen LogP contribution in [0.2, 0.25) is 0 Å². The zero-order valence-corrected chi connectivity index (χ0v) is 17.6. The van der Waals surface area contributed by atoms with Gasteiger partial charge in [0.1, 0.15) is 11.6 Å². The summed E-state index contributed by atoms with van der Waals surface area (Å²) < 4.78 is 10.4. The number of nitrogens with zero attached hydrogens (tertiary/aromatic N) is 5. The molecule has 29 heavy (non-hydrogen) atoms. The Morgan fingerprint density at radius 1 is 1.10 bits per heavy atom. The Kier molecular flexibility index (Phi) is 5.42. The molecule has 1 aliphatic heterocycles. The first-order valence-corrected chi connectivity index (χ1v) is 11.5. The van der Waals surface area contributed by atoms with Gasteiger partial charge in [0.05, 0.1) is 30.3 Å². The van der Waals surface area contributed by atoms with Crippen molar-refractivity contribution < 1.29 is 4.74 Å². The molecular formula is C22H27N5OS. The molecule has 1 aromatic carbocycles. The van der Waals surface area contributed by atoms with Crippen molar-refractivity contribution in [2.45, 2.75) is 61.6 Å². The molecule has 0 N–H and O–H groups in total. The molecule has 1 atom stereocenters. The van der Waals surface area contributed by atoms with E-state index < -0.39 is 0 Å². The number of benzene rings is 1. The van der Waals surface area contributed by atoms with Gasteiger partial charge >= 0.3 is 0 Å². The van der Waals surface area contributed by atoms with Gasteiger partial charge in [0.2, 0.25) is 0 Å². The third-order valence-electron chi connectivity index (χ3n) is 6.10. The van der Waals surface area contributed by atoms with E-state index in [0.717, 1.165) is 54.2 Å². The first kappa shape index (κ1) is 18.9. The van der Waals surface area contributed by atoms with Crippen LogP contribution in [0.15, 0.2) is 41.7 Å². The molecule has 2 aliphatic rings. The SMILES string of the molecule is Cn1c(CSc2ncc(-c3ccccc3)n2CC2CCCO2)nnc1C1CCC1. The van der Waals surface area contributed by atoms with Crippen molar-refractivity contribution in [2.75, 3.05) is 6.61 Å². The smallest absolute Gasteiger partial charge is 0.168 e. The Balaban J connectivity index is 1.37. The molecule has 0 bridgehead atoms. The fourth-order valence-electron chi connectivity index (χ4n) is 4.13. The van der Waals surface area contributed by atoms with E-state index in [-0.39, 0.29) is 6.10 Å². The summed E-state index contributed by atoms with van der Waals surface area (Å²) in [5, 5.41) is 9.94. The predicted molar refractivity (Wildman–Crippen MR) is 114 cm³/mol. The summed E-state index contributed by atoms with van der Waals surface area (Å²) in [5.74, 6) is 3.52. The lowest BCUT2D eigenvalue weighted by Crippen LogP contribution is -2.16. The van der Waals surface area contributed by atoms with Crippen molar-refractivity contribution in [3.8, 4) is 11.3 Å². The van der Waals surface area contributed by atoms with Gasteiger partial charge in [-0.2, -0.15) is 0 Å². The number of hydrogen-bond donors (Lipinski definition) is 0. The Morgan fingerprint density at radius 3 is 2.69 bits per heavy atom. The molecule has 1 aliphatic carbocycles. The van der Waals surface area contributed by atoms with Crippen molar-refractivity contribution in [3.05, 3.63) is 48.2 Å². The van der Waals surface area contributed by atoms with E-state index in [4.69, 9.17) is 9.72 Å². The Bertz CT molecular complexity index is 957. The van der Waals surface area contributed by atoms with E-state index in [1.54, 1.807) is 11.8 Å². The second-order valence-electron chi connectivity index (χ2n) is 7.99. The highest BCUT2D eigenvalue weighted by Crippen LogP contribution is 2.36. The maximum absolute atomic E-state index is 5.92. The minimum absolute atomic E-state index is 0.269. The molecule has 3 aromatic rings. The summed E-state index contributed by atoms with van der Waals surface area (Å²) in [4.78, 5) is 4.76. The fraction of sp³-hybridized carbons (Fsp3) is 0.500. The van der Waals surface area contributed by atoms with E-state index in [1.165, 1.54) is 24.8 Å². The molecular weight excluding hydrogens is 382 g/mol. The molecule has 1 saturated heterocycles. The highest BCUT2D eigenvalue weighted by Gasteiger charge is 2.26. The maximum atomic E-state index is 5.92. The number of thioether (sulfide) groups is 1. The summed E-state index contributed by atoms with van der Waals surface area (Å²) in [7, 11) is 2.10. The molecule has 7 heteroatoms. The summed E-state index contributed by atoms with van der Waals surface area (Å²) >= 11 is 1.74. The zero-order chi connectivity index (χ0) is 19.6. The van der Waals surface area contributed by atoms with E-state index in [9.17, 15) is 0 Å². The van der Waals surface area contributed by atoms with Gasteiger partial charge in [-0.15, -0.1) is 10.2 Å². The van der Waals surface area contributed by atoms with Gasteiger partial charge in [-0.25, -0.2) is 4.98 Å². The number of aromatic nitrogens is 5. The molecule has 0 amide bonds. The first-order chi connectivity index (χ1) is 14.3. The Hall–Kier alpha value is -2.12. The van der Waals surface area contributed by atoms with E-state index in [0.29, 0.717) is 5.92 Å². The van der Waals surface area contributed by atoms with Crippen LogP contribution in [0.4, 0.5) is 0 Å². The second kappa shape index (κ2) is 8.32. The van der Waals surface area contributed by atoms with Crippen molar-refractivity contribution >= 4 is 11.8 Å². The molecule has 1 saturated carbocycles. The maximum Gasteiger partial charge on any atom is 0.168 e. The fourth-order valence-corrected chi connectivity index (χ4v) is 5.10. The molecule has 3 heterocycles. The molecule has 2 aromatic heterocycles. The van der Waals surface area contributed by atoms with Crippen molar-refractivity contribution in [1.29, 1.82) is 0 Å². The minimum atomic E-state index is 0.269. The van der Waals surface area contributed by atoms with Crippen molar-refractivity contribution in [3.63, 3.8) is 0 Å². The van der Waals surface area contributed by atoms with Crippen LogP contribution in [0.3, 0.4) is 0 Å². The van der Waals surface area contributed by atoms with Gasteiger partial charge in [0.25, 0.3) is 0 Å². The topological polar surface area (TPSA) is 57.8 Å². The van der Waals surface area contributed by atoms with E-state index in [1.807, 2.05) is 12.3 Å². The van der Waals surface area contributed by atoms with Gasteiger partial charge in [-0.05, 0) is 31.2 Å². The predicted octanol–water partition coefficient (Wildman–Crippen LogP) is 4.42. The number of imidazole rings is 1. The first-order valence-electron chi connectivity index (χ1n) is 10.5. The molecule has 152 valence electrons. The third-order valence-corrected chi connectivity index (χ3v) is 7.08. The third kappa shape index (κ3) is 3.85. The normalized spacial score (nSPS) is 19.6. The highest BCUT2D eigenvalue weighted by molar-refractivity contribution is 7.98. The summed E-state index contributed by atoms with van der Waals surface area (Å²) in [6.07, 6.45) is 8.31. The lowest BCUT2D eigenvalue weighted by Gasteiger charge is -2.24. The standard InChI is InChI=1S/C22H27N5OS/c1-26-20(24-25-21(26)17-9-5-10-17)15-29-22-23-13-19(16-7-3-2-4-8-16)27(22)14-18-11-6-12-28-18/h2-4,7-8,13,17-18H,5-6,9-12,14-15H2,1H3. The van der Waals surface area contributed by atoms with Crippen LogP contribution in [0.1, 0.15) is 49.7 Å². The Morgan fingerprint density at radius 2 is 1.97 bits per heavy atom. The molecule has 0 spiro atoms. The van der Waals surface area contributed by atoms with Gasteiger partial charge in [-0.3, -0.25) is 0 Å². The van der Waals surface area contributed by atoms with Crippen molar-refractivity contribution in [1.82, 2.24) is 24.3 Å². The summed E-state index contributed by atoms with van der Waals surface area (Å²) in [6, 6.07) is 10.5. The van der Waals surface area contributed by atoms with E-state index in [2.05, 4.69) is 50.6 Å². The van der Waals surface area contributed by atoms with Crippen LogP contribution in [-0.2, 0) is 24.1 Å². The average molecular weight is 410 g/mol. The molecule has 6 nitrogen and oxygen atoms in total. The second-order valence-corrected chi connectivity index (χ2v) is 8.93. The van der Waals surface area contributed by atoms with Crippen LogP contribution in [0.25, 0.3) is 11.3 Å². The Labute approximate surface area is 175 Å². The van der Waals surface area contributed by atoms with Gasteiger partial charge in [-0.1, -0.05) is 48.5 Å². The van der Waals surface area contributed by atoms with Crippen LogP contribution >= 0.6 is 11.8 Å². The summed E-state index contributed by atoms with van der Waals surface area (Å²) in [6.45, 7) is 1.71. The van der Waals surface area contributed by atoms with Crippen LogP contribution < -0.4 is 0 Å². The monoisotopic (exact) mass is 409 g/mol. The minimum Gasteiger partial charge on any atom is -0.376 e. The number of ether oxygens (including phenoxy) is 1.